The van der Waals surface area contributed by atoms with Crippen LogP contribution in [0, 0.1) is 23.0 Å². The predicted molar refractivity (Wildman–Crippen MR) is 147 cm³/mol. The van der Waals surface area contributed by atoms with Crippen molar-refractivity contribution in [2.45, 2.75) is 38.5 Å². The molecule has 1 aliphatic rings. The van der Waals surface area contributed by atoms with Crippen LogP contribution in [0.5, 0.6) is 5.88 Å². The number of benzene rings is 3. The summed E-state index contributed by atoms with van der Waals surface area (Å²) in [5, 5.41) is 8.91. The summed E-state index contributed by atoms with van der Waals surface area (Å²) in [4.78, 5) is 9.30. The van der Waals surface area contributed by atoms with Crippen LogP contribution in [0.2, 0.25) is 0 Å². The second-order valence-electron chi connectivity index (χ2n) is 9.81. The van der Waals surface area contributed by atoms with Crippen LogP contribution in [0.25, 0.3) is 22.3 Å². The highest BCUT2D eigenvalue weighted by Crippen LogP contribution is 2.26. The fourth-order valence-corrected chi connectivity index (χ4v) is 5.02. The molecule has 3 heterocycles. The van der Waals surface area contributed by atoms with Gasteiger partial charge in [-0.1, -0.05) is 36.4 Å². The van der Waals surface area contributed by atoms with Crippen molar-refractivity contribution < 1.29 is 18.3 Å². The highest BCUT2D eigenvalue weighted by molar-refractivity contribution is 5.76. The fraction of sp³-hybridized carbons (Fsp3) is 0.219. The Bertz CT molecular complexity index is 1720. The maximum Gasteiger partial charge on any atom is 0.214 e. The minimum atomic E-state index is -0.517. The first-order valence-corrected chi connectivity index (χ1v) is 13.2. The fourth-order valence-electron chi connectivity index (χ4n) is 5.02. The Balaban J connectivity index is 1.20. The monoisotopic (exact) mass is 536 g/mol. The Kier molecular flexibility index (Phi) is 7.21. The van der Waals surface area contributed by atoms with Crippen LogP contribution in [0.1, 0.15) is 35.4 Å². The lowest BCUT2D eigenvalue weighted by atomic mass is 10.1. The van der Waals surface area contributed by atoms with E-state index in [9.17, 15) is 4.39 Å². The molecule has 1 aliphatic heterocycles. The highest BCUT2D eigenvalue weighted by atomic mass is 19.1. The molecule has 5 aromatic rings. The van der Waals surface area contributed by atoms with Crippen LogP contribution < -0.4 is 4.74 Å². The van der Waals surface area contributed by atoms with Gasteiger partial charge in [-0.25, -0.2) is 18.7 Å². The van der Waals surface area contributed by atoms with Gasteiger partial charge in [0.1, 0.15) is 24.1 Å². The largest absolute Gasteiger partial charge is 0.473 e. The van der Waals surface area contributed by atoms with Gasteiger partial charge < -0.3 is 14.0 Å². The standard InChI is InChI=1S/C32H26F2N4O2/c33-26-15-21(18-35)10-11-24(26)20-40-32-9-3-7-28(37-32)23-13-12-22(27(34)16-23)17-31-36-29-6-1-2-8-30(29)38(31)19-25-5-4-14-39-25/h1-3,6-13,15-16,25H,4-5,14,17,19-20H2. The minimum absolute atomic E-state index is 0.0474. The molecule has 3 aromatic carbocycles. The van der Waals surface area contributed by atoms with E-state index in [0.717, 1.165) is 36.3 Å². The Morgan fingerprint density at radius 3 is 2.60 bits per heavy atom. The van der Waals surface area contributed by atoms with Crippen LogP contribution in [0.4, 0.5) is 8.78 Å². The zero-order chi connectivity index (χ0) is 27.5. The molecule has 1 fully saturated rings. The van der Waals surface area contributed by atoms with E-state index in [0.29, 0.717) is 35.3 Å². The molecule has 6 rings (SSSR count). The molecule has 1 saturated heterocycles. The molecule has 0 amide bonds. The number of imidazole rings is 1. The number of fused-ring (bicyclic) bond motifs is 1. The van der Waals surface area contributed by atoms with Gasteiger partial charge in [0.05, 0.1) is 41.0 Å². The Hall–Kier alpha value is -4.61. The highest BCUT2D eigenvalue weighted by Gasteiger charge is 2.20. The lowest BCUT2D eigenvalue weighted by Gasteiger charge is -2.15. The van der Waals surface area contributed by atoms with Crippen molar-refractivity contribution in [1.82, 2.24) is 14.5 Å². The molecular weight excluding hydrogens is 510 g/mol. The Labute approximate surface area is 230 Å². The number of halogens is 2. The maximum absolute atomic E-state index is 15.4. The number of hydrogen-bond acceptors (Lipinski definition) is 5. The van der Waals surface area contributed by atoms with Crippen molar-refractivity contribution >= 4 is 11.0 Å². The summed E-state index contributed by atoms with van der Waals surface area (Å²) in [5.74, 6) is 0.221. The van der Waals surface area contributed by atoms with Gasteiger partial charge >= 0.3 is 0 Å². The molecule has 0 saturated carbocycles. The molecule has 0 N–H and O–H groups in total. The van der Waals surface area contributed by atoms with Crippen molar-refractivity contribution in [2.24, 2.45) is 0 Å². The number of nitrogens with zero attached hydrogens (tertiary/aromatic N) is 4. The first-order chi connectivity index (χ1) is 19.6. The van der Waals surface area contributed by atoms with Crippen molar-refractivity contribution in [1.29, 1.82) is 5.26 Å². The lowest BCUT2D eigenvalue weighted by Crippen LogP contribution is -2.17. The van der Waals surface area contributed by atoms with Crippen molar-refractivity contribution in [3.8, 4) is 23.2 Å². The SMILES string of the molecule is N#Cc1ccc(COc2cccc(-c3ccc(Cc4nc5ccccc5n4CC4CCCO4)c(F)c3)n2)c(F)c1. The molecule has 0 aliphatic carbocycles. The van der Waals surface area contributed by atoms with Gasteiger partial charge in [-0.05, 0) is 54.8 Å². The third kappa shape index (κ3) is 5.42. The molecular formula is C32H26F2N4O2. The van der Waals surface area contributed by atoms with Gasteiger partial charge in [-0.15, -0.1) is 0 Å². The van der Waals surface area contributed by atoms with E-state index in [1.807, 2.05) is 36.4 Å². The molecule has 6 nitrogen and oxygen atoms in total. The van der Waals surface area contributed by atoms with Gasteiger partial charge in [0.2, 0.25) is 5.88 Å². The quantitative estimate of drug-likeness (QED) is 0.224. The average Bonchev–Trinajstić information content (AvgIpc) is 3.62. The van der Waals surface area contributed by atoms with Gasteiger partial charge in [0, 0.05) is 30.2 Å². The summed E-state index contributed by atoms with van der Waals surface area (Å²) in [6.07, 6.45) is 2.54. The minimum Gasteiger partial charge on any atom is -0.473 e. The second kappa shape index (κ2) is 11.2. The molecule has 0 spiro atoms. The molecule has 0 radical (unpaired) electrons. The van der Waals surface area contributed by atoms with Crippen LogP contribution >= 0.6 is 0 Å². The second-order valence-corrected chi connectivity index (χ2v) is 9.81. The number of rotatable bonds is 8. The van der Waals surface area contributed by atoms with E-state index in [1.165, 1.54) is 24.3 Å². The molecule has 0 bridgehead atoms. The number of para-hydroxylation sites is 2. The summed E-state index contributed by atoms with van der Waals surface area (Å²) in [5.41, 5.74) is 4.13. The molecule has 8 heteroatoms. The van der Waals surface area contributed by atoms with Crippen molar-refractivity contribution in [3.05, 3.63) is 113 Å². The Morgan fingerprint density at radius 2 is 1.80 bits per heavy atom. The number of aromatic nitrogens is 3. The first-order valence-electron chi connectivity index (χ1n) is 13.2. The van der Waals surface area contributed by atoms with Gasteiger partial charge in [-0.2, -0.15) is 5.26 Å². The van der Waals surface area contributed by atoms with Crippen molar-refractivity contribution in [2.75, 3.05) is 6.61 Å². The first kappa shape index (κ1) is 25.7. The summed E-state index contributed by atoms with van der Waals surface area (Å²) in [6, 6.07) is 24.3. The van der Waals surface area contributed by atoms with E-state index in [2.05, 4.69) is 9.55 Å². The number of hydrogen-bond donors (Lipinski definition) is 0. The smallest absolute Gasteiger partial charge is 0.214 e. The van der Waals surface area contributed by atoms with E-state index in [1.54, 1.807) is 24.3 Å². The molecule has 1 atom stereocenters. The Morgan fingerprint density at radius 1 is 0.950 bits per heavy atom. The topological polar surface area (TPSA) is 73.0 Å². The molecule has 200 valence electrons. The summed E-state index contributed by atoms with van der Waals surface area (Å²) >= 11 is 0. The van der Waals surface area contributed by atoms with Crippen LogP contribution in [0.3, 0.4) is 0 Å². The molecule has 1 unspecified atom stereocenters. The molecule has 40 heavy (non-hydrogen) atoms. The summed E-state index contributed by atoms with van der Waals surface area (Å²) < 4.78 is 43.3. The number of nitriles is 1. The van der Waals surface area contributed by atoms with Crippen LogP contribution in [-0.4, -0.2) is 27.2 Å². The maximum atomic E-state index is 15.4. The number of pyridine rings is 1. The summed E-state index contributed by atoms with van der Waals surface area (Å²) in [7, 11) is 0. The van der Waals surface area contributed by atoms with E-state index in [4.69, 9.17) is 19.7 Å². The zero-order valence-corrected chi connectivity index (χ0v) is 21.7. The zero-order valence-electron chi connectivity index (χ0n) is 21.7. The molecule has 2 aromatic heterocycles. The van der Waals surface area contributed by atoms with E-state index in [-0.39, 0.29) is 30.0 Å². The third-order valence-electron chi connectivity index (χ3n) is 7.12. The number of ether oxygens (including phenoxy) is 2. The van der Waals surface area contributed by atoms with Crippen LogP contribution in [-0.2, 0) is 24.3 Å². The predicted octanol–water partition coefficient (Wildman–Crippen LogP) is 6.60. The van der Waals surface area contributed by atoms with Crippen LogP contribution in [0.15, 0.2) is 78.9 Å². The average molecular weight is 537 g/mol. The lowest BCUT2D eigenvalue weighted by molar-refractivity contribution is 0.0973. The normalized spacial score (nSPS) is 14.9. The third-order valence-corrected chi connectivity index (χ3v) is 7.12. The summed E-state index contributed by atoms with van der Waals surface area (Å²) in [6.45, 7) is 1.42. The van der Waals surface area contributed by atoms with Gasteiger partial charge in [0.25, 0.3) is 0 Å². The van der Waals surface area contributed by atoms with Gasteiger partial charge in [-0.3, -0.25) is 0 Å². The van der Waals surface area contributed by atoms with E-state index < -0.39 is 5.82 Å². The van der Waals surface area contributed by atoms with Gasteiger partial charge in [0.15, 0.2) is 0 Å². The van der Waals surface area contributed by atoms with Crippen molar-refractivity contribution in [3.63, 3.8) is 0 Å². The van der Waals surface area contributed by atoms with E-state index >= 15 is 4.39 Å².